The van der Waals surface area contributed by atoms with Crippen LogP contribution in [0.2, 0.25) is 0 Å². The molecular weight excluding hydrogens is 388 g/mol. The second kappa shape index (κ2) is 5.54. The number of nitrogens with zero attached hydrogens (tertiary/aromatic N) is 2. The molecule has 0 unspecified atom stereocenters. The number of pyridine rings is 1. The van der Waals surface area contributed by atoms with Crippen LogP contribution < -0.4 is 4.74 Å². The molecule has 1 aromatic heterocycles. The van der Waals surface area contributed by atoms with Gasteiger partial charge in [0.2, 0.25) is 5.88 Å². The van der Waals surface area contributed by atoms with Crippen LogP contribution in [0.5, 0.6) is 5.88 Å². The summed E-state index contributed by atoms with van der Waals surface area (Å²) in [6.45, 7) is 0. The van der Waals surface area contributed by atoms with E-state index in [0.717, 1.165) is 0 Å². The molecule has 1 rings (SSSR count). The topological polar surface area (TPSA) is 103 Å². The highest BCUT2D eigenvalue weighted by Gasteiger charge is 2.35. The number of rotatable bonds is 4. The lowest BCUT2D eigenvalue weighted by molar-refractivity contribution is -0.386. The Morgan fingerprint density at radius 3 is 2.58 bits per heavy atom. The Hall–Kier alpha value is -1.66. The molecule has 19 heavy (non-hydrogen) atoms. The zero-order valence-corrected chi connectivity index (χ0v) is 10.9. The van der Waals surface area contributed by atoms with Crippen LogP contribution in [0.25, 0.3) is 0 Å². The summed E-state index contributed by atoms with van der Waals surface area (Å²) in [5.41, 5.74) is -1.08. The predicted octanol–water partition coefficient (Wildman–Crippen LogP) is 2.12. The quantitative estimate of drug-likeness (QED) is 0.479. The SMILES string of the molecule is O=C(O)Cc1cnc(OC(F)(F)F)c(I)c1[N+](=O)[O-]. The van der Waals surface area contributed by atoms with Crippen molar-refractivity contribution >= 4 is 34.2 Å². The third kappa shape index (κ3) is 4.18. The first-order chi connectivity index (χ1) is 8.61. The van der Waals surface area contributed by atoms with Crippen molar-refractivity contribution in [3.8, 4) is 5.88 Å². The Labute approximate surface area is 116 Å². The van der Waals surface area contributed by atoms with Crippen molar-refractivity contribution in [1.29, 1.82) is 0 Å². The molecule has 0 aliphatic carbocycles. The van der Waals surface area contributed by atoms with E-state index in [-0.39, 0.29) is 5.56 Å². The second-order valence-electron chi connectivity index (χ2n) is 3.13. The van der Waals surface area contributed by atoms with Gasteiger partial charge in [-0.15, -0.1) is 13.2 Å². The summed E-state index contributed by atoms with van der Waals surface area (Å²) in [6, 6.07) is 0. The highest BCUT2D eigenvalue weighted by molar-refractivity contribution is 14.1. The largest absolute Gasteiger partial charge is 0.574 e. The number of alkyl halides is 3. The molecule has 0 saturated heterocycles. The van der Waals surface area contributed by atoms with Gasteiger partial charge in [0, 0.05) is 6.20 Å². The second-order valence-corrected chi connectivity index (χ2v) is 4.21. The smallest absolute Gasteiger partial charge is 0.481 e. The number of nitro groups is 1. The molecule has 1 N–H and O–H groups in total. The predicted molar refractivity (Wildman–Crippen MR) is 61.6 cm³/mol. The molecular formula is C8H4F3IN2O5. The lowest BCUT2D eigenvalue weighted by Crippen LogP contribution is -2.19. The van der Waals surface area contributed by atoms with Gasteiger partial charge in [-0.3, -0.25) is 14.9 Å². The third-order valence-corrected chi connectivity index (χ3v) is 2.75. The number of aromatic nitrogens is 1. The third-order valence-electron chi connectivity index (χ3n) is 1.77. The highest BCUT2D eigenvalue weighted by atomic mass is 127. The van der Waals surface area contributed by atoms with Crippen LogP contribution in [0.15, 0.2) is 6.20 Å². The number of carboxylic acid groups (broad SMARTS) is 1. The summed E-state index contributed by atoms with van der Waals surface area (Å²) >= 11 is 1.25. The van der Waals surface area contributed by atoms with Crippen molar-refractivity contribution in [1.82, 2.24) is 4.98 Å². The molecule has 0 spiro atoms. The maximum Gasteiger partial charge on any atom is 0.574 e. The Morgan fingerprint density at radius 1 is 1.58 bits per heavy atom. The van der Waals surface area contributed by atoms with Gasteiger partial charge >= 0.3 is 12.3 Å². The first-order valence-electron chi connectivity index (χ1n) is 4.41. The summed E-state index contributed by atoms with van der Waals surface area (Å²) in [5.74, 6) is -2.36. The maximum atomic E-state index is 12.0. The number of hydrogen-bond donors (Lipinski definition) is 1. The van der Waals surface area contributed by atoms with Crippen molar-refractivity contribution in [3.05, 3.63) is 25.4 Å². The van der Waals surface area contributed by atoms with E-state index in [1.807, 2.05) is 0 Å². The van der Waals surface area contributed by atoms with Crippen molar-refractivity contribution in [3.63, 3.8) is 0 Å². The number of carboxylic acids is 1. The molecule has 0 fully saturated rings. The number of hydrogen-bond acceptors (Lipinski definition) is 5. The van der Waals surface area contributed by atoms with Gasteiger partial charge in [-0.05, 0) is 22.6 Å². The zero-order chi connectivity index (χ0) is 14.8. The van der Waals surface area contributed by atoms with Gasteiger partial charge in [-0.1, -0.05) is 0 Å². The first-order valence-corrected chi connectivity index (χ1v) is 5.49. The maximum absolute atomic E-state index is 12.0. The summed E-state index contributed by atoms with van der Waals surface area (Å²) in [4.78, 5) is 23.6. The molecule has 104 valence electrons. The van der Waals surface area contributed by atoms with Crippen molar-refractivity contribution in [2.24, 2.45) is 0 Å². The summed E-state index contributed by atoms with van der Waals surface area (Å²) in [6.07, 6.45) is -5.10. The van der Waals surface area contributed by atoms with Crippen LogP contribution in [-0.2, 0) is 11.2 Å². The van der Waals surface area contributed by atoms with E-state index in [9.17, 15) is 28.1 Å². The van der Waals surface area contributed by atoms with E-state index in [2.05, 4.69) is 9.72 Å². The molecule has 0 aromatic carbocycles. The van der Waals surface area contributed by atoms with Crippen LogP contribution in [-0.4, -0.2) is 27.3 Å². The first kappa shape index (κ1) is 15.4. The molecule has 0 bridgehead atoms. The average Bonchev–Trinajstić information content (AvgIpc) is 2.19. The van der Waals surface area contributed by atoms with E-state index in [1.165, 1.54) is 22.6 Å². The average molecular weight is 392 g/mol. The van der Waals surface area contributed by atoms with E-state index in [0.29, 0.717) is 6.20 Å². The van der Waals surface area contributed by atoms with Gasteiger partial charge in [0.25, 0.3) is 5.69 Å². The van der Waals surface area contributed by atoms with Crippen LogP contribution in [0, 0.1) is 13.7 Å². The molecule has 0 saturated carbocycles. The Bertz CT molecular complexity index is 534. The summed E-state index contributed by atoms with van der Waals surface area (Å²) in [7, 11) is 0. The minimum absolute atomic E-state index is 0.309. The molecule has 0 radical (unpaired) electrons. The van der Waals surface area contributed by atoms with Gasteiger partial charge in [-0.2, -0.15) is 0 Å². The fraction of sp³-hybridized carbons (Fsp3) is 0.250. The summed E-state index contributed by atoms with van der Waals surface area (Å²) < 4.78 is 39.1. The fourth-order valence-electron chi connectivity index (χ4n) is 1.17. The lowest BCUT2D eigenvalue weighted by Gasteiger charge is -2.10. The highest BCUT2D eigenvalue weighted by Crippen LogP contribution is 2.34. The fourth-order valence-corrected chi connectivity index (χ4v) is 1.96. The van der Waals surface area contributed by atoms with E-state index < -0.39 is 38.8 Å². The monoisotopic (exact) mass is 392 g/mol. The van der Waals surface area contributed by atoms with Gasteiger partial charge in [-0.25, -0.2) is 4.98 Å². The molecule has 0 aliphatic heterocycles. The van der Waals surface area contributed by atoms with Crippen LogP contribution in [0.4, 0.5) is 18.9 Å². The minimum atomic E-state index is -5.05. The van der Waals surface area contributed by atoms with E-state index in [4.69, 9.17) is 5.11 Å². The molecule has 0 amide bonds. The van der Waals surface area contributed by atoms with Crippen LogP contribution in [0.3, 0.4) is 0 Å². The van der Waals surface area contributed by atoms with Gasteiger partial charge in [0.05, 0.1) is 16.9 Å². The molecule has 11 heteroatoms. The Kier molecular flexibility index (Phi) is 4.49. The van der Waals surface area contributed by atoms with Gasteiger partial charge in [0.15, 0.2) is 3.57 Å². The number of ether oxygens (including phenoxy) is 1. The molecule has 1 aromatic rings. The van der Waals surface area contributed by atoms with Crippen LogP contribution >= 0.6 is 22.6 Å². The number of carbonyl (C=O) groups is 1. The van der Waals surface area contributed by atoms with Gasteiger partial charge < -0.3 is 9.84 Å². The zero-order valence-electron chi connectivity index (χ0n) is 8.77. The van der Waals surface area contributed by atoms with E-state index >= 15 is 0 Å². The number of halogens is 4. The summed E-state index contributed by atoms with van der Waals surface area (Å²) in [5, 5.41) is 19.3. The Balaban J connectivity index is 3.31. The normalized spacial score (nSPS) is 11.2. The molecule has 0 atom stereocenters. The molecule has 0 aliphatic rings. The van der Waals surface area contributed by atoms with Crippen molar-refractivity contribution in [2.75, 3.05) is 0 Å². The van der Waals surface area contributed by atoms with E-state index in [1.54, 1.807) is 0 Å². The lowest BCUT2D eigenvalue weighted by atomic mass is 10.2. The molecule has 1 heterocycles. The van der Waals surface area contributed by atoms with Crippen molar-refractivity contribution in [2.45, 2.75) is 12.8 Å². The molecule has 7 nitrogen and oxygen atoms in total. The van der Waals surface area contributed by atoms with Crippen molar-refractivity contribution < 1.29 is 32.7 Å². The standard InChI is InChI=1S/C8H4F3IN2O5/c9-8(10,11)19-7-5(12)6(14(17)18)3(2-13-7)1-4(15)16/h2H,1H2,(H,15,16). The van der Waals surface area contributed by atoms with Gasteiger partial charge in [0.1, 0.15) is 0 Å². The number of aliphatic carboxylic acids is 1. The van der Waals surface area contributed by atoms with Crippen LogP contribution in [0.1, 0.15) is 5.56 Å². The Morgan fingerprint density at radius 2 is 2.16 bits per heavy atom. The minimum Gasteiger partial charge on any atom is -0.481 e.